The van der Waals surface area contributed by atoms with Gasteiger partial charge in [0.25, 0.3) is 11.5 Å². The number of aryl methyl sites for hydroxylation is 1. The van der Waals surface area contributed by atoms with E-state index in [-0.39, 0.29) is 30.9 Å². The van der Waals surface area contributed by atoms with Gasteiger partial charge in [-0.05, 0) is 94.2 Å². The van der Waals surface area contributed by atoms with Crippen LogP contribution in [0.4, 0.5) is 0 Å². The van der Waals surface area contributed by atoms with Crippen LogP contribution in [0.3, 0.4) is 0 Å². The Morgan fingerprint density at radius 3 is 2.84 bits per heavy atom. The van der Waals surface area contributed by atoms with Gasteiger partial charge in [0.05, 0.1) is 22.7 Å². The lowest BCUT2D eigenvalue weighted by Crippen LogP contribution is -2.43. The van der Waals surface area contributed by atoms with Crippen molar-refractivity contribution in [3.8, 4) is 28.6 Å². The molecule has 1 amide bonds. The molecule has 0 bridgehead atoms. The van der Waals surface area contributed by atoms with Gasteiger partial charge in [0.15, 0.2) is 11.5 Å². The predicted molar refractivity (Wildman–Crippen MR) is 160 cm³/mol. The number of amides is 1. The average molecular weight is 586 g/mol. The molecule has 3 aliphatic heterocycles. The second kappa shape index (κ2) is 11.1. The van der Waals surface area contributed by atoms with Gasteiger partial charge in [0, 0.05) is 29.9 Å². The van der Waals surface area contributed by atoms with Crippen molar-refractivity contribution in [1.82, 2.24) is 24.8 Å². The summed E-state index contributed by atoms with van der Waals surface area (Å²) >= 11 is 0. The van der Waals surface area contributed by atoms with Crippen LogP contribution in [-0.4, -0.2) is 81.4 Å². The van der Waals surface area contributed by atoms with Gasteiger partial charge in [-0.3, -0.25) is 9.59 Å². The maximum absolute atomic E-state index is 13.3. The third kappa shape index (κ3) is 5.12. The highest BCUT2D eigenvalue weighted by Gasteiger charge is 2.34. The lowest BCUT2D eigenvalue weighted by molar-refractivity contribution is 0.0617. The summed E-state index contributed by atoms with van der Waals surface area (Å²) < 4.78 is 16.8. The normalized spacial score (nSPS) is 17.6. The molecule has 1 fully saturated rings. The number of imidazole rings is 1. The van der Waals surface area contributed by atoms with Gasteiger partial charge in [0.2, 0.25) is 6.79 Å². The number of hydrogen-bond donors (Lipinski definition) is 3. The van der Waals surface area contributed by atoms with Crippen LogP contribution in [0.15, 0.2) is 41.3 Å². The number of carbonyl (C=O) groups excluding carboxylic acids is 1. The van der Waals surface area contributed by atoms with Gasteiger partial charge in [-0.15, -0.1) is 0 Å². The van der Waals surface area contributed by atoms with Gasteiger partial charge in [-0.1, -0.05) is 0 Å². The third-order valence-corrected chi connectivity index (χ3v) is 8.87. The largest absolute Gasteiger partial charge is 0.490 e. The Morgan fingerprint density at radius 2 is 2.00 bits per heavy atom. The Labute approximate surface area is 248 Å². The molecule has 0 saturated carbocycles. The smallest absolute Gasteiger partial charge is 0.259 e. The summed E-state index contributed by atoms with van der Waals surface area (Å²) in [6, 6.07) is 9.53. The number of aliphatic hydroxyl groups is 1. The predicted octanol–water partition coefficient (Wildman–Crippen LogP) is 3.38. The van der Waals surface area contributed by atoms with Crippen molar-refractivity contribution in [3.63, 3.8) is 0 Å². The lowest BCUT2D eigenvalue weighted by Gasteiger charge is -2.34. The average Bonchev–Trinajstić information content (AvgIpc) is 3.72. The zero-order chi connectivity index (χ0) is 29.7. The number of fused-ring (bicyclic) bond motifs is 3. The Hall–Kier alpha value is -4.35. The van der Waals surface area contributed by atoms with E-state index in [1.54, 1.807) is 12.3 Å². The standard InChI is InChI=1S/C32H35N5O6/c1-18-26(5-6-27-29(18)43-17-42-27)41-16-22(38)4-3-19-7-10-33-31(39)28(19)30-34-24-13-20-15-37(21-8-11-36(2)12-9-21)32(40)23(20)14-25(24)35-30/h5-7,10,13-14,21-22,38H,3-4,8-9,11-12,15-17H2,1-2H3,(H,33,39)(H,34,35)/t22-/m1/s1. The molecule has 224 valence electrons. The number of aliphatic hydroxyl groups excluding tert-OH is 1. The topological polar surface area (TPSA) is 133 Å². The molecule has 0 aliphatic carbocycles. The first kappa shape index (κ1) is 27.5. The first-order chi connectivity index (χ1) is 20.9. The van der Waals surface area contributed by atoms with Crippen molar-refractivity contribution in [1.29, 1.82) is 0 Å². The Morgan fingerprint density at radius 1 is 1.16 bits per heavy atom. The van der Waals surface area contributed by atoms with E-state index >= 15 is 0 Å². The summed E-state index contributed by atoms with van der Waals surface area (Å²) in [6.45, 7) is 4.75. The number of nitrogens with one attached hydrogen (secondary N) is 2. The van der Waals surface area contributed by atoms with Crippen LogP contribution in [0.5, 0.6) is 17.2 Å². The number of aromatic amines is 2. The molecular weight excluding hydrogens is 550 g/mol. The number of benzene rings is 2. The highest BCUT2D eigenvalue weighted by molar-refractivity contribution is 6.02. The van der Waals surface area contributed by atoms with Gasteiger partial charge in [0.1, 0.15) is 18.2 Å². The molecule has 0 radical (unpaired) electrons. The number of aromatic nitrogens is 3. The number of pyridine rings is 1. The molecule has 43 heavy (non-hydrogen) atoms. The summed E-state index contributed by atoms with van der Waals surface area (Å²) in [5.41, 5.74) is 4.85. The van der Waals surface area contributed by atoms with Crippen molar-refractivity contribution in [3.05, 3.63) is 69.1 Å². The highest BCUT2D eigenvalue weighted by atomic mass is 16.7. The van der Waals surface area contributed by atoms with Crippen LogP contribution < -0.4 is 19.8 Å². The summed E-state index contributed by atoms with van der Waals surface area (Å²) in [5.74, 6) is 2.47. The number of rotatable bonds is 8. The quantitative estimate of drug-likeness (QED) is 0.287. The molecule has 0 unspecified atom stereocenters. The fourth-order valence-corrected chi connectivity index (χ4v) is 6.39. The summed E-state index contributed by atoms with van der Waals surface area (Å²) in [6.07, 6.45) is 3.64. The van der Waals surface area contributed by atoms with E-state index in [0.717, 1.165) is 48.1 Å². The summed E-state index contributed by atoms with van der Waals surface area (Å²) in [7, 11) is 2.12. The van der Waals surface area contributed by atoms with Crippen LogP contribution in [0, 0.1) is 6.92 Å². The minimum atomic E-state index is -0.755. The minimum absolute atomic E-state index is 0.0569. The van der Waals surface area contributed by atoms with Crippen LogP contribution in [0.1, 0.15) is 46.3 Å². The van der Waals surface area contributed by atoms with Crippen molar-refractivity contribution in [2.75, 3.05) is 33.5 Å². The third-order valence-electron chi connectivity index (χ3n) is 8.87. The minimum Gasteiger partial charge on any atom is -0.490 e. The SMILES string of the molecule is Cc1c(OC[C@H](O)CCc2cc[nH]c(=O)c2-c2nc3cc4c(cc3[nH]2)CN(C2CCN(C)CC2)C4=O)ccc2c1OCO2. The van der Waals surface area contributed by atoms with E-state index in [1.807, 2.05) is 36.1 Å². The maximum atomic E-state index is 13.3. The summed E-state index contributed by atoms with van der Waals surface area (Å²) in [4.78, 5) is 41.5. The number of H-pyrrole nitrogens is 2. The Balaban J connectivity index is 1.06. The van der Waals surface area contributed by atoms with Gasteiger partial charge >= 0.3 is 0 Å². The molecule has 11 nitrogen and oxygen atoms in total. The van der Waals surface area contributed by atoms with Crippen molar-refractivity contribution >= 4 is 16.9 Å². The Kier molecular flexibility index (Phi) is 7.06. The molecule has 2 aromatic carbocycles. The molecular formula is C32H35N5O6. The van der Waals surface area contributed by atoms with Crippen LogP contribution in [-0.2, 0) is 13.0 Å². The van der Waals surface area contributed by atoms with Crippen molar-refractivity contribution in [2.24, 2.45) is 0 Å². The number of likely N-dealkylation sites (tertiary alicyclic amines) is 1. The molecule has 11 heteroatoms. The first-order valence-electron chi connectivity index (χ1n) is 14.8. The van der Waals surface area contributed by atoms with Crippen LogP contribution in [0.25, 0.3) is 22.4 Å². The molecule has 0 spiro atoms. The molecule has 5 heterocycles. The number of carbonyl (C=O) groups is 1. The molecule has 1 saturated heterocycles. The second-order valence-electron chi connectivity index (χ2n) is 11.7. The zero-order valence-corrected chi connectivity index (χ0v) is 24.3. The monoisotopic (exact) mass is 585 g/mol. The van der Waals surface area contributed by atoms with Crippen molar-refractivity contribution in [2.45, 2.75) is 51.3 Å². The highest BCUT2D eigenvalue weighted by Crippen LogP contribution is 2.40. The fourth-order valence-electron chi connectivity index (χ4n) is 6.39. The zero-order valence-electron chi connectivity index (χ0n) is 24.3. The summed E-state index contributed by atoms with van der Waals surface area (Å²) in [5, 5.41) is 10.7. The number of ether oxygens (including phenoxy) is 3. The number of hydrogen-bond acceptors (Lipinski definition) is 8. The molecule has 4 aromatic rings. The molecule has 1 atom stereocenters. The first-order valence-corrected chi connectivity index (χ1v) is 14.8. The van der Waals surface area contributed by atoms with E-state index < -0.39 is 6.10 Å². The lowest BCUT2D eigenvalue weighted by atomic mass is 10.0. The maximum Gasteiger partial charge on any atom is 0.259 e. The van der Waals surface area contributed by atoms with Crippen molar-refractivity contribution < 1.29 is 24.1 Å². The second-order valence-corrected chi connectivity index (χ2v) is 11.7. The van der Waals surface area contributed by atoms with E-state index in [1.165, 1.54) is 0 Å². The molecule has 2 aromatic heterocycles. The Bertz CT molecular complexity index is 1760. The van der Waals surface area contributed by atoms with E-state index in [2.05, 4.69) is 21.9 Å². The molecule has 3 N–H and O–H groups in total. The number of nitrogens with zero attached hydrogens (tertiary/aromatic N) is 3. The van der Waals surface area contributed by atoms with Gasteiger partial charge in [-0.25, -0.2) is 4.98 Å². The van der Waals surface area contributed by atoms with E-state index in [9.17, 15) is 14.7 Å². The van der Waals surface area contributed by atoms with E-state index in [0.29, 0.717) is 59.1 Å². The molecule has 7 rings (SSSR count). The van der Waals surface area contributed by atoms with Crippen LogP contribution in [0.2, 0.25) is 0 Å². The fraction of sp³-hybridized carbons (Fsp3) is 0.406. The number of piperidine rings is 1. The van der Waals surface area contributed by atoms with Crippen LogP contribution >= 0.6 is 0 Å². The van der Waals surface area contributed by atoms with E-state index in [4.69, 9.17) is 19.2 Å². The van der Waals surface area contributed by atoms with Gasteiger partial charge < -0.3 is 39.1 Å². The molecule has 3 aliphatic rings. The van der Waals surface area contributed by atoms with Gasteiger partial charge in [-0.2, -0.15) is 0 Å².